The van der Waals surface area contributed by atoms with Crippen molar-refractivity contribution in [1.29, 1.82) is 0 Å². The Balaban J connectivity index is 1.55. The Morgan fingerprint density at radius 2 is 1.89 bits per heavy atom. The van der Waals surface area contributed by atoms with Crippen molar-refractivity contribution in [3.8, 4) is 11.5 Å². The summed E-state index contributed by atoms with van der Waals surface area (Å²) in [6.45, 7) is 0. The largest absolute Gasteiger partial charge is 0.454 e. The Morgan fingerprint density at radius 1 is 1.07 bits per heavy atom. The Morgan fingerprint density at radius 3 is 2.67 bits per heavy atom. The fraction of sp³-hybridized carbons (Fsp3) is 0.0526. The van der Waals surface area contributed by atoms with Crippen LogP contribution in [0.2, 0.25) is 0 Å². The molecule has 4 nitrogen and oxygen atoms in total. The molecular formula is C19H11F3N2O2S. The first-order valence-corrected chi connectivity index (χ1v) is 8.71. The lowest BCUT2D eigenvalue weighted by molar-refractivity contribution is -0.137. The van der Waals surface area contributed by atoms with Gasteiger partial charge in [0, 0.05) is 16.3 Å². The number of nitrogens with one attached hydrogen (secondary N) is 1. The highest BCUT2D eigenvalue weighted by atomic mass is 32.1. The molecular weight excluding hydrogens is 377 g/mol. The molecule has 4 rings (SSSR count). The third kappa shape index (κ3) is 3.56. The van der Waals surface area contributed by atoms with Crippen LogP contribution in [-0.4, -0.2) is 10.9 Å². The van der Waals surface area contributed by atoms with Crippen LogP contribution in [-0.2, 0) is 6.18 Å². The van der Waals surface area contributed by atoms with Crippen LogP contribution >= 0.6 is 11.3 Å². The minimum absolute atomic E-state index is 0.0923. The van der Waals surface area contributed by atoms with E-state index < -0.39 is 17.6 Å². The Bertz CT molecular complexity index is 1100. The molecule has 0 saturated carbocycles. The Hall–Kier alpha value is -3.13. The maximum absolute atomic E-state index is 12.8. The minimum atomic E-state index is -4.51. The van der Waals surface area contributed by atoms with Crippen molar-refractivity contribution in [3.63, 3.8) is 0 Å². The van der Waals surface area contributed by atoms with Crippen molar-refractivity contribution in [1.82, 2.24) is 4.98 Å². The second-order valence-electron chi connectivity index (χ2n) is 5.72. The molecule has 0 fully saturated rings. The highest BCUT2D eigenvalue weighted by molar-refractivity contribution is 7.14. The van der Waals surface area contributed by atoms with Crippen LogP contribution in [0.3, 0.4) is 0 Å². The van der Waals surface area contributed by atoms with Gasteiger partial charge in [0.2, 0.25) is 0 Å². The van der Waals surface area contributed by atoms with Gasteiger partial charge in [-0.2, -0.15) is 13.2 Å². The average Bonchev–Trinajstić information content (AvgIpc) is 3.27. The summed E-state index contributed by atoms with van der Waals surface area (Å²) >= 11 is 1.16. The third-order valence-corrected chi connectivity index (χ3v) is 4.61. The topological polar surface area (TPSA) is 55.1 Å². The van der Waals surface area contributed by atoms with Crippen molar-refractivity contribution in [2.24, 2.45) is 0 Å². The first-order valence-electron chi connectivity index (χ1n) is 7.83. The van der Waals surface area contributed by atoms with Gasteiger partial charge in [-0.05, 0) is 30.3 Å². The van der Waals surface area contributed by atoms with Gasteiger partial charge in [-0.3, -0.25) is 10.1 Å². The van der Waals surface area contributed by atoms with Gasteiger partial charge in [0.25, 0.3) is 5.91 Å². The number of amides is 1. The molecule has 0 aliphatic rings. The molecule has 0 bridgehead atoms. The number of nitrogens with zero attached hydrogens (tertiary/aromatic N) is 1. The lowest BCUT2D eigenvalue weighted by Gasteiger charge is -2.08. The van der Waals surface area contributed by atoms with Crippen molar-refractivity contribution in [3.05, 3.63) is 71.1 Å². The molecule has 8 heteroatoms. The summed E-state index contributed by atoms with van der Waals surface area (Å²) in [7, 11) is 0. The number of rotatable bonds is 3. The summed E-state index contributed by atoms with van der Waals surface area (Å²) in [5, 5.41) is 5.43. The molecule has 0 atom stereocenters. The quantitative estimate of drug-likeness (QED) is 0.481. The van der Waals surface area contributed by atoms with E-state index in [1.165, 1.54) is 12.1 Å². The maximum Gasteiger partial charge on any atom is 0.416 e. The number of benzene rings is 2. The molecule has 2 heterocycles. The zero-order valence-electron chi connectivity index (χ0n) is 13.6. The van der Waals surface area contributed by atoms with Gasteiger partial charge >= 0.3 is 6.18 Å². The monoisotopic (exact) mass is 388 g/mol. The number of alkyl halides is 3. The number of thiazole rings is 1. The van der Waals surface area contributed by atoms with E-state index in [-0.39, 0.29) is 10.7 Å². The second kappa shape index (κ2) is 6.55. The molecule has 0 saturated heterocycles. The predicted octanol–water partition coefficient (Wildman–Crippen LogP) is 5.83. The normalized spacial score (nSPS) is 11.7. The average molecular weight is 388 g/mol. The van der Waals surface area contributed by atoms with Gasteiger partial charge in [-0.25, -0.2) is 4.98 Å². The van der Waals surface area contributed by atoms with Crippen LogP contribution in [0.25, 0.3) is 22.4 Å². The van der Waals surface area contributed by atoms with Gasteiger partial charge in [0.05, 0.1) is 5.56 Å². The number of fused-ring (bicyclic) bond motifs is 1. The van der Waals surface area contributed by atoms with Crippen molar-refractivity contribution in [2.45, 2.75) is 6.18 Å². The molecule has 2 aromatic carbocycles. The zero-order valence-corrected chi connectivity index (χ0v) is 14.4. The van der Waals surface area contributed by atoms with Gasteiger partial charge in [0.15, 0.2) is 10.9 Å². The number of hydrogen-bond donors (Lipinski definition) is 1. The summed E-state index contributed by atoms with van der Waals surface area (Å²) in [6.07, 6.45) is -4.51. The lowest BCUT2D eigenvalue weighted by atomic mass is 10.1. The smallest absolute Gasteiger partial charge is 0.416 e. The number of carbonyl (C=O) groups is 1. The van der Waals surface area contributed by atoms with Crippen LogP contribution in [0, 0.1) is 0 Å². The molecule has 0 radical (unpaired) electrons. The first kappa shape index (κ1) is 17.3. The summed E-state index contributed by atoms with van der Waals surface area (Å²) in [4.78, 5) is 16.5. The summed E-state index contributed by atoms with van der Waals surface area (Å²) in [6, 6.07) is 13.6. The van der Waals surface area contributed by atoms with Crippen LogP contribution in [0.4, 0.5) is 18.3 Å². The predicted molar refractivity (Wildman–Crippen MR) is 96.7 cm³/mol. The first-order chi connectivity index (χ1) is 12.9. The van der Waals surface area contributed by atoms with E-state index in [4.69, 9.17) is 4.42 Å². The summed E-state index contributed by atoms with van der Waals surface area (Å²) in [5.74, 6) is -0.112. The highest BCUT2D eigenvalue weighted by Crippen LogP contribution is 2.31. The number of aromatic nitrogens is 1. The van der Waals surface area contributed by atoms with Crippen molar-refractivity contribution >= 4 is 33.3 Å². The van der Waals surface area contributed by atoms with Crippen LogP contribution < -0.4 is 5.32 Å². The number of hydrogen-bond acceptors (Lipinski definition) is 4. The molecule has 136 valence electrons. The third-order valence-electron chi connectivity index (χ3n) is 3.85. The molecule has 0 aliphatic carbocycles. The second-order valence-corrected chi connectivity index (χ2v) is 6.58. The van der Waals surface area contributed by atoms with Crippen LogP contribution in [0.1, 0.15) is 15.9 Å². The zero-order chi connectivity index (χ0) is 19.0. The van der Waals surface area contributed by atoms with Crippen LogP contribution in [0.15, 0.2) is 64.4 Å². The minimum Gasteiger partial charge on any atom is -0.454 e. The van der Waals surface area contributed by atoms with E-state index >= 15 is 0 Å². The molecule has 1 amide bonds. The molecule has 0 spiro atoms. The maximum atomic E-state index is 12.8. The summed E-state index contributed by atoms with van der Waals surface area (Å²) in [5.41, 5.74) is 0.285. The standard InChI is InChI=1S/C19H11F3N2O2S/c20-19(21,22)13-6-3-5-12(8-13)17(25)24-18-23-14(10-27-18)16-9-11-4-1-2-7-15(11)26-16/h1-10H,(H,23,24,25). The SMILES string of the molecule is O=C(Nc1nc(-c2cc3ccccc3o2)cs1)c1cccc(C(F)(F)F)c1. The molecule has 27 heavy (non-hydrogen) atoms. The van der Waals surface area contributed by atoms with E-state index in [1.54, 1.807) is 5.38 Å². The lowest BCUT2D eigenvalue weighted by Crippen LogP contribution is -2.13. The molecule has 0 unspecified atom stereocenters. The molecule has 2 aromatic heterocycles. The fourth-order valence-corrected chi connectivity index (χ4v) is 3.25. The van der Waals surface area contributed by atoms with Crippen LogP contribution in [0.5, 0.6) is 0 Å². The van der Waals surface area contributed by atoms with Gasteiger partial charge in [0.1, 0.15) is 11.3 Å². The number of halogens is 3. The van der Waals surface area contributed by atoms with Gasteiger partial charge < -0.3 is 4.42 Å². The Labute approximate surface area is 155 Å². The van der Waals surface area contributed by atoms with Crippen molar-refractivity contribution in [2.75, 3.05) is 5.32 Å². The molecule has 0 aliphatic heterocycles. The van der Waals surface area contributed by atoms with E-state index in [0.29, 0.717) is 11.5 Å². The van der Waals surface area contributed by atoms with E-state index in [9.17, 15) is 18.0 Å². The number of furan rings is 1. The van der Waals surface area contributed by atoms with E-state index in [2.05, 4.69) is 10.3 Å². The van der Waals surface area contributed by atoms with Gasteiger partial charge in [-0.1, -0.05) is 24.3 Å². The van der Waals surface area contributed by atoms with E-state index in [1.807, 2.05) is 30.3 Å². The number of carbonyl (C=O) groups excluding carboxylic acids is 1. The fourth-order valence-electron chi connectivity index (χ4n) is 2.56. The molecule has 4 aromatic rings. The van der Waals surface area contributed by atoms with E-state index in [0.717, 1.165) is 34.4 Å². The van der Waals surface area contributed by atoms with Gasteiger partial charge in [-0.15, -0.1) is 11.3 Å². The summed E-state index contributed by atoms with van der Waals surface area (Å²) < 4.78 is 44.1. The Kier molecular flexibility index (Phi) is 4.19. The number of para-hydroxylation sites is 1. The highest BCUT2D eigenvalue weighted by Gasteiger charge is 2.31. The van der Waals surface area contributed by atoms with Crippen molar-refractivity contribution < 1.29 is 22.4 Å². The number of anilines is 1. The molecule has 1 N–H and O–H groups in total.